The van der Waals surface area contributed by atoms with Gasteiger partial charge in [0.1, 0.15) is 12.1 Å². The van der Waals surface area contributed by atoms with Crippen molar-refractivity contribution in [3.63, 3.8) is 0 Å². The summed E-state index contributed by atoms with van der Waals surface area (Å²) in [6.45, 7) is 3.50. The molecule has 3 aromatic rings. The van der Waals surface area contributed by atoms with Gasteiger partial charge in [-0.2, -0.15) is 0 Å². The lowest BCUT2D eigenvalue weighted by atomic mass is 9.96. The third kappa shape index (κ3) is 3.69. The fourth-order valence-electron chi connectivity index (χ4n) is 4.16. The van der Waals surface area contributed by atoms with Gasteiger partial charge < -0.3 is 0 Å². The van der Waals surface area contributed by atoms with Crippen molar-refractivity contribution in [2.45, 2.75) is 25.9 Å². The van der Waals surface area contributed by atoms with Gasteiger partial charge in [0.25, 0.3) is 17.7 Å². The van der Waals surface area contributed by atoms with E-state index in [0.29, 0.717) is 16.2 Å². The van der Waals surface area contributed by atoms with Gasteiger partial charge in [0.2, 0.25) is 0 Å². The maximum atomic E-state index is 13.6. The summed E-state index contributed by atoms with van der Waals surface area (Å²) >= 11 is 0. The summed E-state index contributed by atoms with van der Waals surface area (Å²) in [6.07, 6.45) is 0. The third-order valence-electron chi connectivity index (χ3n) is 5.69. The van der Waals surface area contributed by atoms with Gasteiger partial charge in [-0.3, -0.25) is 24.5 Å². The van der Waals surface area contributed by atoms with Gasteiger partial charge in [0.05, 0.1) is 11.1 Å². The Morgan fingerprint density at radius 2 is 1.16 bits per heavy atom. The minimum atomic E-state index is -1.15. The van der Waals surface area contributed by atoms with Crippen LogP contribution in [0.1, 0.15) is 51.7 Å². The van der Waals surface area contributed by atoms with Crippen LogP contribution >= 0.6 is 0 Å². The van der Waals surface area contributed by atoms with Crippen LogP contribution in [0.3, 0.4) is 0 Å². The first kappa shape index (κ1) is 21.5. The molecule has 6 nitrogen and oxygen atoms in total. The second-order valence-electron chi connectivity index (χ2n) is 8.12. The first-order chi connectivity index (χ1) is 15.4. The number of hydrogen-bond donors (Lipinski definition) is 1. The number of hydrogen-bond acceptors (Lipinski definition) is 4. The monoisotopic (exact) mass is 428 g/mol. The Bertz CT molecular complexity index is 1070. The molecule has 1 heterocycles. The molecule has 0 radical (unpaired) electrons. The molecule has 4 rings (SSSR count). The molecule has 0 spiro atoms. The van der Waals surface area contributed by atoms with E-state index in [1.807, 2.05) is 60.7 Å². The zero-order chi connectivity index (χ0) is 22.8. The Hall–Kier alpha value is -3.77. The molecule has 162 valence electrons. The van der Waals surface area contributed by atoms with Crippen molar-refractivity contribution in [1.82, 2.24) is 9.96 Å². The van der Waals surface area contributed by atoms with Crippen molar-refractivity contribution >= 4 is 17.7 Å². The number of fused-ring (bicyclic) bond motifs is 1. The summed E-state index contributed by atoms with van der Waals surface area (Å²) in [6, 6.07) is 22.9. The molecule has 6 heteroatoms. The fraction of sp³-hybridized carbons (Fsp3) is 0.192. The molecule has 0 saturated carbocycles. The summed E-state index contributed by atoms with van der Waals surface area (Å²) in [5.74, 6) is -2.18. The van der Waals surface area contributed by atoms with Crippen LogP contribution in [0.4, 0.5) is 0 Å². The van der Waals surface area contributed by atoms with Crippen LogP contribution in [0.2, 0.25) is 0 Å². The normalized spacial score (nSPS) is 14.1. The third-order valence-corrected chi connectivity index (χ3v) is 5.69. The van der Waals surface area contributed by atoms with E-state index in [1.54, 1.807) is 38.1 Å². The molecule has 0 aliphatic carbocycles. The molecule has 32 heavy (non-hydrogen) atoms. The standard InChI is InChI=1S/C26H24N2O4/c1-17(2)22(27-24(29)20-15-9-10-16-21(20)25(27)30)26(31)28(32)23(18-11-5-3-6-12-18)19-13-7-4-8-14-19/h3-17,22-23,32H,1-2H3/t22-/m0/s1. The highest BCUT2D eigenvalue weighted by Gasteiger charge is 2.46. The van der Waals surface area contributed by atoms with E-state index in [4.69, 9.17) is 0 Å². The van der Waals surface area contributed by atoms with Crippen LogP contribution in [0.5, 0.6) is 0 Å². The number of benzene rings is 3. The van der Waals surface area contributed by atoms with E-state index in [9.17, 15) is 19.6 Å². The van der Waals surface area contributed by atoms with Gasteiger partial charge >= 0.3 is 0 Å². The van der Waals surface area contributed by atoms with Crippen LogP contribution in [0.25, 0.3) is 0 Å². The number of carbonyl (C=O) groups excluding carboxylic acids is 3. The van der Waals surface area contributed by atoms with Crippen molar-refractivity contribution in [2.75, 3.05) is 0 Å². The van der Waals surface area contributed by atoms with E-state index in [-0.39, 0.29) is 11.1 Å². The van der Waals surface area contributed by atoms with E-state index < -0.39 is 35.7 Å². The highest BCUT2D eigenvalue weighted by molar-refractivity contribution is 6.22. The SMILES string of the molecule is CC(C)[C@@H](C(=O)N(O)C(c1ccccc1)c1ccccc1)N1C(=O)c2ccccc2C1=O. The molecule has 3 amide bonds. The van der Waals surface area contributed by atoms with Gasteiger partial charge in [-0.05, 0) is 29.2 Å². The van der Waals surface area contributed by atoms with Gasteiger partial charge in [-0.15, -0.1) is 0 Å². The maximum absolute atomic E-state index is 13.6. The largest absolute Gasteiger partial charge is 0.285 e. The van der Waals surface area contributed by atoms with Gasteiger partial charge in [-0.25, -0.2) is 5.06 Å². The predicted molar refractivity (Wildman–Crippen MR) is 119 cm³/mol. The van der Waals surface area contributed by atoms with E-state index >= 15 is 0 Å². The van der Waals surface area contributed by atoms with Crippen molar-refractivity contribution < 1.29 is 19.6 Å². The molecule has 0 aromatic heterocycles. The van der Waals surface area contributed by atoms with Crippen LogP contribution < -0.4 is 0 Å². The van der Waals surface area contributed by atoms with Crippen molar-refractivity contribution in [1.29, 1.82) is 0 Å². The van der Waals surface area contributed by atoms with Crippen LogP contribution in [0, 0.1) is 5.92 Å². The maximum Gasteiger partial charge on any atom is 0.270 e. The highest BCUT2D eigenvalue weighted by Crippen LogP contribution is 2.32. The Morgan fingerprint density at radius 3 is 1.56 bits per heavy atom. The summed E-state index contributed by atoms with van der Waals surface area (Å²) < 4.78 is 0. The molecule has 0 fully saturated rings. The highest BCUT2D eigenvalue weighted by atomic mass is 16.5. The second kappa shape index (κ2) is 8.77. The van der Waals surface area contributed by atoms with Crippen molar-refractivity contribution in [2.24, 2.45) is 5.92 Å². The molecule has 1 atom stereocenters. The summed E-state index contributed by atoms with van der Waals surface area (Å²) in [5, 5.41) is 11.8. The first-order valence-electron chi connectivity index (χ1n) is 10.5. The predicted octanol–water partition coefficient (Wildman–Crippen LogP) is 4.31. The quantitative estimate of drug-likeness (QED) is 0.360. The fourth-order valence-corrected chi connectivity index (χ4v) is 4.16. The molecule has 1 aliphatic rings. The summed E-state index contributed by atoms with van der Waals surface area (Å²) in [7, 11) is 0. The lowest BCUT2D eigenvalue weighted by molar-refractivity contribution is -0.179. The average molecular weight is 428 g/mol. The Morgan fingerprint density at radius 1 is 0.750 bits per heavy atom. The Kier molecular flexibility index (Phi) is 5.88. The van der Waals surface area contributed by atoms with Gasteiger partial charge in [-0.1, -0.05) is 86.6 Å². The van der Waals surface area contributed by atoms with Crippen LogP contribution in [0.15, 0.2) is 84.9 Å². The van der Waals surface area contributed by atoms with Crippen LogP contribution in [-0.4, -0.2) is 38.9 Å². The smallest absolute Gasteiger partial charge is 0.270 e. The van der Waals surface area contributed by atoms with E-state index in [2.05, 4.69) is 0 Å². The topological polar surface area (TPSA) is 77.9 Å². The van der Waals surface area contributed by atoms with Gasteiger partial charge in [0, 0.05) is 0 Å². The van der Waals surface area contributed by atoms with Crippen molar-refractivity contribution in [3.05, 3.63) is 107 Å². The molecule has 0 bridgehead atoms. The number of carbonyl (C=O) groups is 3. The molecule has 1 N–H and O–H groups in total. The minimum Gasteiger partial charge on any atom is -0.285 e. The Balaban J connectivity index is 1.73. The summed E-state index contributed by atoms with van der Waals surface area (Å²) in [4.78, 5) is 40.7. The number of nitrogens with zero attached hydrogens (tertiary/aromatic N) is 2. The van der Waals surface area contributed by atoms with Gasteiger partial charge in [0.15, 0.2) is 0 Å². The number of rotatable bonds is 6. The molecular weight excluding hydrogens is 404 g/mol. The molecular formula is C26H24N2O4. The van der Waals surface area contributed by atoms with Crippen molar-refractivity contribution in [3.8, 4) is 0 Å². The molecule has 3 aromatic carbocycles. The zero-order valence-corrected chi connectivity index (χ0v) is 17.9. The van der Waals surface area contributed by atoms with Crippen LogP contribution in [-0.2, 0) is 4.79 Å². The first-order valence-corrected chi connectivity index (χ1v) is 10.5. The lowest BCUT2D eigenvalue weighted by Gasteiger charge is -2.34. The summed E-state index contributed by atoms with van der Waals surface area (Å²) in [5.41, 5.74) is 1.95. The number of hydroxylamine groups is 2. The number of imide groups is 1. The average Bonchev–Trinajstić information content (AvgIpc) is 3.06. The number of amides is 3. The van der Waals surface area contributed by atoms with E-state index in [0.717, 1.165) is 4.90 Å². The van der Waals surface area contributed by atoms with E-state index in [1.165, 1.54) is 0 Å². The molecule has 0 unspecified atom stereocenters. The molecule has 0 saturated heterocycles. The molecule has 1 aliphatic heterocycles. The Labute approximate surface area is 186 Å². The zero-order valence-electron chi connectivity index (χ0n) is 17.9. The minimum absolute atomic E-state index is 0.267. The lowest BCUT2D eigenvalue weighted by Crippen LogP contribution is -2.53. The second-order valence-corrected chi connectivity index (χ2v) is 8.12.